The number of rotatable bonds is 3. The number of nitrogens with zero attached hydrogens (tertiary/aromatic N) is 3. The maximum Gasteiger partial charge on any atom is 0.125 e. The zero-order valence-electron chi connectivity index (χ0n) is 13.4. The molecule has 0 atom stereocenters. The number of hydrogen-bond donors (Lipinski definition) is 1. The highest BCUT2D eigenvalue weighted by atomic mass is 35.5. The Balaban J connectivity index is 0.00000192. The highest BCUT2D eigenvalue weighted by molar-refractivity contribution is 5.97. The van der Waals surface area contributed by atoms with Crippen molar-refractivity contribution >= 4 is 29.6 Å². The van der Waals surface area contributed by atoms with Crippen LogP contribution >= 0.6 is 12.4 Å². The van der Waals surface area contributed by atoms with E-state index in [2.05, 4.69) is 57.3 Å². The fourth-order valence-corrected chi connectivity index (χ4v) is 2.83. The summed E-state index contributed by atoms with van der Waals surface area (Å²) in [6.07, 6.45) is 0. The summed E-state index contributed by atoms with van der Waals surface area (Å²) in [6.45, 7) is 4.16. The number of nitrogens with two attached hydrogens (primary N) is 1. The van der Waals surface area contributed by atoms with E-state index in [1.54, 1.807) is 7.05 Å². The van der Waals surface area contributed by atoms with Gasteiger partial charge in [0.15, 0.2) is 0 Å². The molecule has 0 aromatic heterocycles. The molecule has 1 saturated heterocycles. The predicted molar refractivity (Wildman–Crippen MR) is 101 cm³/mol. The molecule has 0 spiro atoms. The van der Waals surface area contributed by atoms with E-state index in [9.17, 15) is 0 Å². The molecule has 1 fully saturated rings. The van der Waals surface area contributed by atoms with Gasteiger partial charge in [-0.2, -0.15) is 0 Å². The second-order valence-corrected chi connectivity index (χ2v) is 5.47. The van der Waals surface area contributed by atoms with E-state index in [4.69, 9.17) is 5.73 Å². The lowest BCUT2D eigenvalue weighted by Crippen LogP contribution is -2.46. The number of hydrogen-bond acceptors (Lipinski definition) is 3. The number of piperazine rings is 1. The standard InChI is InChI=1S/C18H22N4.ClH/c1-20-18(19)15-7-9-17(10-8-15)22-13-11-21(12-14-22)16-5-3-2-4-6-16;/h2-10H,11-14H2,1H3,(H2,19,20);1H. The molecule has 122 valence electrons. The first-order valence-corrected chi connectivity index (χ1v) is 7.65. The van der Waals surface area contributed by atoms with Gasteiger partial charge in [-0.1, -0.05) is 18.2 Å². The van der Waals surface area contributed by atoms with Gasteiger partial charge in [0.2, 0.25) is 0 Å². The van der Waals surface area contributed by atoms with Crippen molar-refractivity contribution in [3.05, 3.63) is 60.2 Å². The monoisotopic (exact) mass is 330 g/mol. The molecule has 0 saturated carbocycles. The Labute approximate surface area is 144 Å². The van der Waals surface area contributed by atoms with Crippen molar-refractivity contribution in [2.24, 2.45) is 10.7 Å². The molecule has 23 heavy (non-hydrogen) atoms. The molecule has 1 heterocycles. The molecule has 0 aliphatic carbocycles. The summed E-state index contributed by atoms with van der Waals surface area (Å²) in [5.74, 6) is 0.584. The van der Waals surface area contributed by atoms with Gasteiger partial charge in [-0.3, -0.25) is 4.99 Å². The molecule has 4 nitrogen and oxygen atoms in total. The third kappa shape index (κ3) is 3.96. The van der Waals surface area contributed by atoms with Gasteiger partial charge in [0.25, 0.3) is 0 Å². The topological polar surface area (TPSA) is 44.9 Å². The zero-order chi connectivity index (χ0) is 15.4. The van der Waals surface area contributed by atoms with Gasteiger partial charge in [-0.05, 0) is 36.4 Å². The van der Waals surface area contributed by atoms with E-state index in [-0.39, 0.29) is 12.4 Å². The Kier molecular flexibility index (Phi) is 5.88. The molecule has 2 aromatic carbocycles. The summed E-state index contributed by atoms with van der Waals surface area (Å²) in [7, 11) is 1.71. The van der Waals surface area contributed by atoms with Crippen molar-refractivity contribution in [3.8, 4) is 0 Å². The van der Waals surface area contributed by atoms with Gasteiger partial charge in [-0.25, -0.2) is 0 Å². The number of benzene rings is 2. The molecule has 2 N–H and O–H groups in total. The average molecular weight is 331 g/mol. The van der Waals surface area contributed by atoms with Crippen LogP contribution in [0.2, 0.25) is 0 Å². The molecule has 1 aliphatic heterocycles. The molecule has 0 bridgehead atoms. The van der Waals surface area contributed by atoms with Crippen molar-refractivity contribution in [1.82, 2.24) is 0 Å². The van der Waals surface area contributed by atoms with Crippen LogP contribution in [0.1, 0.15) is 5.56 Å². The molecular formula is C18H23ClN4. The van der Waals surface area contributed by atoms with E-state index < -0.39 is 0 Å². The van der Waals surface area contributed by atoms with Crippen molar-refractivity contribution in [2.75, 3.05) is 43.0 Å². The van der Waals surface area contributed by atoms with Crippen LogP contribution in [0.25, 0.3) is 0 Å². The second-order valence-electron chi connectivity index (χ2n) is 5.47. The molecule has 1 aliphatic rings. The number of aliphatic imine (C=N–C) groups is 1. The molecular weight excluding hydrogens is 308 g/mol. The molecule has 0 radical (unpaired) electrons. The predicted octanol–water partition coefficient (Wildman–Crippen LogP) is 2.77. The number of halogens is 1. The molecule has 3 rings (SSSR count). The zero-order valence-corrected chi connectivity index (χ0v) is 14.2. The third-order valence-corrected chi connectivity index (χ3v) is 4.17. The van der Waals surface area contributed by atoms with E-state index in [0.29, 0.717) is 5.84 Å². The van der Waals surface area contributed by atoms with Crippen molar-refractivity contribution in [3.63, 3.8) is 0 Å². The minimum Gasteiger partial charge on any atom is -0.384 e. The van der Waals surface area contributed by atoms with Crippen LogP contribution in [0.15, 0.2) is 59.6 Å². The van der Waals surface area contributed by atoms with Crippen molar-refractivity contribution in [1.29, 1.82) is 0 Å². The van der Waals surface area contributed by atoms with Crippen molar-refractivity contribution < 1.29 is 0 Å². The van der Waals surface area contributed by atoms with E-state index >= 15 is 0 Å². The maximum absolute atomic E-state index is 5.84. The maximum atomic E-state index is 5.84. The number of amidine groups is 1. The first kappa shape index (κ1) is 17.2. The van der Waals surface area contributed by atoms with Gasteiger partial charge < -0.3 is 15.5 Å². The molecule has 5 heteroatoms. The summed E-state index contributed by atoms with van der Waals surface area (Å²) in [4.78, 5) is 8.87. The van der Waals surface area contributed by atoms with Gasteiger partial charge in [0, 0.05) is 50.2 Å². The summed E-state index contributed by atoms with van der Waals surface area (Å²) in [6, 6.07) is 19.0. The Morgan fingerprint density at radius 2 is 1.30 bits per heavy atom. The summed E-state index contributed by atoms with van der Waals surface area (Å²) < 4.78 is 0. The lowest BCUT2D eigenvalue weighted by atomic mass is 10.1. The highest BCUT2D eigenvalue weighted by Gasteiger charge is 2.17. The number of para-hydroxylation sites is 1. The van der Waals surface area contributed by atoms with Crippen LogP contribution in [-0.2, 0) is 0 Å². The first-order chi connectivity index (χ1) is 10.8. The molecule has 2 aromatic rings. The number of anilines is 2. The Hall–Kier alpha value is -2.20. The Morgan fingerprint density at radius 1 is 0.826 bits per heavy atom. The van der Waals surface area contributed by atoms with Gasteiger partial charge in [0.05, 0.1) is 0 Å². The lowest BCUT2D eigenvalue weighted by molar-refractivity contribution is 0.653. The Bertz CT molecular complexity index is 632. The van der Waals surface area contributed by atoms with Crippen LogP contribution in [0.4, 0.5) is 11.4 Å². The second kappa shape index (κ2) is 7.88. The quantitative estimate of drug-likeness (QED) is 0.695. The van der Waals surface area contributed by atoms with Gasteiger partial charge in [0.1, 0.15) is 5.84 Å². The third-order valence-electron chi connectivity index (χ3n) is 4.17. The van der Waals surface area contributed by atoms with E-state index in [0.717, 1.165) is 31.7 Å². The van der Waals surface area contributed by atoms with Crippen LogP contribution < -0.4 is 15.5 Å². The SMILES string of the molecule is CN=C(N)c1ccc(N2CCN(c3ccccc3)CC2)cc1.Cl. The van der Waals surface area contributed by atoms with Crippen LogP contribution in [-0.4, -0.2) is 39.1 Å². The van der Waals surface area contributed by atoms with E-state index in [1.807, 2.05) is 12.1 Å². The van der Waals surface area contributed by atoms with Gasteiger partial charge in [-0.15, -0.1) is 12.4 Å². The van der Waals surface area contributed by atoms with E-state index in [1.165, 1.54) is 11.4 Å². The lowest BCUT2D eigenvalue weighted by Gasteiger charge is -2.37. The van der Waals surface area contributed by atoms with Gasteiger partial charge >= 0.3 is 0 Å². The highest BCUT2D eigenvalue weighted by Crippen LogP contribution is 2.20. The summed E-state index contributed by atoms with van der Waals surface area (Å²) in [5.41, 5.74) is 9.38. The summed E-state index contributed by atoms with van der Waals surface area (Å²) >= 11 is 0. The minimum atomic E-state index is 0. The smallest absolute Gasteiger partial charge is 0.125 e. The Morgan fingerprint density at radius 3 is 1.78 bits per heavy atom. The fourth-order valence-electron chi connectivity index (χ4n) is 2.83. The minimum absolute atomic E-state index is 0. The van der Waals surface area contributed by atoms with Crippen LogP contribution in [0, 0.1) is 0 Å². The normalized spacial score (nSPS) is 15.3. The fraction of sp³-hybridized carbons (Fsp3) is 0.278. The molecule has 0 amide bonds. The van der Waals surface area contributed by atoms with Crippen LogP contribution in [0.5, 0.6) is 0 Å². The average Bonchev–Trinajstić information content (AvgIpc) is 2.62. The first-order valence-electron chi connectivity index (χ1n) is 7.65. The largest absolute Gasteiger partial charge is 0.384 e. The molecule has 0 unspecified atom stereocenters. The van der Waals surface area contributed by atoms with Crippen molar-refractivity contribution in [2.45, 2.75) is 0 Å². The summed E-state index contributed by atoms with van der Waals surface area (Å²) in [5, 5.41) is 0. The van der Waals surface area contributed by atoms with Crippen LogP contribution in [0.3, 0.4) is 0 Å².